The van der Waals surface area contributed by atoms with Gasteiger partial charge in [0.2, 0.25) is 0 Å². The standard InChI is InChI=1S/C15H22N2O3S/c1-9-7-5-4-6-8-11(9)16-15-17-12(14(19)20-3)13(21-15)10(2)18/h9,11H,4-8H2,1-3H3,(H,16,17). The van der Waals surface area contributed by atoms with Crippen LogP contribution in [0.2, 0.25) is 0 Å². The van der Waals surface area contributed by atoms with Gasteiger partial charge in [0.15, 0.2) is 16.6 Å². The van der Waals surface area contributed by atoms with Crippen molar-refractivity contribution in [3.8, 4) is 0 Å². The molecule has 1 aliphatic rings. The SMILES string of the molecule is COC(=O)c1nc(NC2CCCCCC2C)sc1C(C)=O. The van der Waals surface area contributed by atoms with Crippen LogP contribution < -0.4 is 5.32 Å². The summed E-state index contributed by atoms with van der Waals surface area (Å²) >= 11 is 1.24. The van der Waals surface area contributed by atoms with Gasteiger partial charge in [0.1, 0.15) is 4.88 Å². The lowest BCUT2D eigenvalue weighted by atomic mass is 9.97. The van der Waals surface area contributed by atoms with Crippen molar-refractivity contribution in [3.05, 3.63) is 10.6 Å². The van der Waals surface area contributed by atoms with Crippen molar-refractivity contribution in [3.63, 3.8) is 0 Å². The first kappa shape index (κ1) is 15.9. The number of methoxy groups -OCH3 is 1. The minimum Gasteiger partial charge on any atom is -0.464 e. The Kier molecular flexibility index (Phi) is 5.33. The Morgan fingerprint density at radius 3 is 2.67 bits per heavy atom. The molecule has 1 aromatic rings. The molecule has 2 atom stereocenters. The summed E-state index contributed by atoms with van der Waals surface area (Å²) in [5.74, 6) is -0.146. The van der Waals surface area contributed by atoms with Gasteiger partial charge in [0.05, 0.1) is 7.11 Å². The lowest BCUT2D eigenvalue weighted by Gasteiger charge is -2.22. The Labute approximate surface area is 129 Å². The molecule has 0 bridgehead atoms. The number of esters is 1. The van der Waals surface area contributed by atoms with E-state index in [9.17, 15) is 9.59 Å². The van der Waals surface area contributed by atoms with Crippen LogP contribution in [0.25, 0.3) is 0 Å². The number of rotatable bonds is 4. The third-order valence-electron chi connectivity index (χ3n) is 4.00. The molecule has 5 nitrogen and oxygen atoms in total. The van der Waals surface area contributed by atoms with Crippen LogP contribution in [0.5, 0.6) is 0 Å². The molecule has 21 heavy (non-hydrogen) atoms. The second kappa shape index (κ2) is 7.02. The van der Waals surface area contributed by atoms with Gasteiger partial charge in [-0.25, -0.2) is 9.78 Å². The number of ketones is 1. The predicted octanol–water partition coefficient (Wildman–Crippen LogP) is 3.51. The highest BCUT2D eigenvalue weighted by Gasteiger charge is 2.25. The minimum atomic E-state index is -0.557. The van der Waals surface area contributed by atoms with Gasteiger partial charge in [-0.1, -0.05) is 37.5 Å². The number of aromatic nitrogens is 1. The molecule has 116 valence electrons. The van der Waals surface area contributed by atoms with Crippen LogP contribution in [-0.4, -0.2) is 29.9 Å². The van der Waals surface area contributed by atoms with Crippen molar-refractivity contribution in [1.82, 2.24) is 4.98 Å². The molecule has 0 spiro atoms. The molecule has 0 saturated heterocycles. The van der Waals surface area contributed by atoms with Crippen LogP contribution in [0.15, 0.2) is 0 Å². The fraction of sp³-hybridized carbons (Fsp3) is 0.667. The zero-order chi connectivity index (χ0) is 15.4. The molecule has 2 rings (SSSR count). The van der Waals surface area contributed by atoms with Crippen molar-refractivity contribution in [2.45, 2.75) is 52.0 Å². The maximum absolute atomic E-state index is 11.7. The van der Waals surface area contributed by atoms with Gasteiger partial charge in [-0.2, -0.15) is 0 Å². The molecule has 0 aliphatic heterocycles. The summed E-state index contributed by atoms with van der Waals surface area (Å²) in [4.78, 5) is 28.0. The summed E-state index contributed by atoms with van der Waals surface area (Å²) in [5, 5.41) is 4.05. The number of carbonyl (C=O) groups is 2. The first-order chi connectivity index (χ1) is 10.0. The number of Topliss-reactive ketones (excluding diaryl/α,β-unsaturated/α-hetero) is 1. The fourth-order valence-electron chi connectivity index (χ4n) is 2.72. The Bertz CT molecular complexity index is 527. The monoisotopic (exact) mass is 310 g/mol. The third kappa shape index (κ3) is 3.81. The average molecular weight is 310 g/mol. The molecule has 2 unspecified atom stereocenters. The van der Waals surface area contributed by atoms with Crippen LogP contribution in [0.1, 0.15) is 66.1 Å². The first-order valence-corrected chi connectivity index (χ1v) is 8.21. The molecule has 1 N–H and O–H groups in total. The maximum atomic E-state index is 11.7. The summed E-state index contributed by atoms with van der Waals surface area (Å²) in [7, 11) is 1.30. The van der Waals surface area contributed by atoms with E-state index in [1.165, 1.54) is 51.1 Å². The summed E-state index contributed by atoms with van der Waals surface area (Å²) in [6, 6.07) is 0.351. The minimum absolute atomic E-state index is 0.124. The van der Waals surface area contributed by atoms with E-state index in [4.69, 9.17) is 4.74 Å². The van der Waals surface area contributed by atoms with Gasteiger partial charge >= 0.3 is 5.97 Å². The number of carbonyl (C=O) groups excluding carboxylic acids is 2. The van der Waals surface area contributed by atoms with Crippen molar-refractivity contribution >= 4 is 28.2 Å². The Hall–Kier alpha value is -1.43. The van der Waals surface area contributed by atoms with E-state index in [0.717, 1.165) is 6.42 Å². The second-order valence-electron chi connectivity index (χ2n) is 5.61. The first-order valence-electron chi connectivity index (χ1n) is 7.39. The van der Waals surface area contributed by atoms with Crippen LogP contribution in [0, 0.1) is 5.92 Å². The normalized spacial score (nSPS) is 22.4. The summed E-state index contributed by atoms with van der Waals surface area (Å²) < 4.78 is 4.70. The quantitative estimate of drug-likeness (QED) is 0.523. The topological polar surface area (TPSA) is 68.3 Å². The summed E-state index contributed by atoms with van der Waals surface area (Å²) in [6.07, 6.45) is 6.04. The molecule has 0 radical (unpaired) electrons. The summed E-state index contributed by atoms with van der Waals surface area (Å²) in [6.45, 7) is 3.68. The van der Waals surface area contributed by atoms with Crippen LogP contribution in [0.4, 0.5) is 5.13 Å². The highest BCUT2D eigenvalue weighted by atomic mass is 32.1. The van der Waals surface area contributed by atoms with E-state index in [1.54, 1.807) is 0 Å². The largest absolute Gasteiger partial charge is 0.464 e. The predicted molar refractivity (Wildman–Crippen MR) is 83.1 cm³/mol. The molecule has 1 aliphatic carbocycles. The lowest BCUT2D eigenvalue weighted by molar-refractivity contribution is 0.0591. The van der Waals surface area contributed by atoms with Gasteiger partial charge < -0.3 is 10.1 Å². The Balaban J connectivity index is 2.20. The van der Waals surface area contributed by atoms with Crippen molar-refractivity contribution < 1.29 is 14.3 Å². The number of thiazole rings is 1. The molecule has 1 heterocycles. The van der Waals surface area contributed by atoms with Crippen molar-refractivity contribution in [1.29, 1.82) is 0 Å². The molecule has 1 saturated carbocycles. The lowest BCUT2D eigenvalue weighted by Crippen LogP contribution is -2.26. The number of hydrogen-bond acceptors (Lipinski definition) is 6. The van der Waals surface area contributed by atoms with E-state index in [1.807, 2.05) is 0 Å². The van der Waals surface area contributed by atoms with Crippen LogP contribution in [-0.2, 0) is 4.74 Å². The highest BCUT2D eigenvalue weighted by Crippen LogP contribution is 2.29. The smallest absolute Gasteiger partial charge is 0.358 e. The molecule has 1 fully saturated rings. The van der Waals surface area contributed by atoms with E-state index in [-0.39, 0.29) is 11.5 Å². The molecule has 0 aromatic carbocycles. The van der Waals surface area contributed by atoms with Crippen molar-refractivity contribution in [2.75, 3.05) is 12.4 Å². The number of ether oxygens (including phenoxy) is 1. The zero-order valence-electron chi connectivity index (χ0n) is 12.8. The molecular formula is C15H22N2O3S. The average Bonchev–Trinajstić information content (AvgIpc) is 2.78. The van der Waals surface area contributed by atoms with Crippen molar-refractivity contribution in [2.24, 2.45) is 5.92 Å². The molecule has 0 amide bonds. The van der Waals surface area contributed by atoms with Crippen LogP contribution in [0.3, 0.4) is 0 Å². The van der Waals surface area contributed by atoms with Gasteiger partial charge in [-0.3, -0.25) is 4.79 Å². The molecule has 1 aromatic heterocycles. The molecular weight excluding hydrogens is 288 g/mol. The Morgan fingerprint density at radius 2 is 2.00 bits per heavy atom. The summed E-state index contributed by atoms with van der Waals surface area (Å²) in [5.41, 5.74) is 0.124. The van der Waals surface area contributed by atoms with Gasteiger partial charge in [-0.15, -0.1) is 0 Å². The van der Waals surface area contributed by atoms with Gasteiger partial charge in [-0.05, 0) is 18.8 Å². The van der Waals surface area contributed by atoms with Gasteiger partial charge in [0.25, 0.3) is 0 Å². The van der Waals surface area contributed by atoms with Crippen LogP contribution >= 0.6 is 11.3 Å². The number of hydrogen-bond donors (Lipinski definition) is 1. The van der Waals surface area contributed by atoms with E-state index < -0.39 is 5.97 Å². The molecule has 6 heteroatoms. The van der Waals surface area contributed by atoms with E-state index in [0.29, 0.717) is 22.0 Å². The second-order valence-corrected chi connectivity index (χ2v) is 6.61. The zero-order valence-corrected chi connectivity index (χ0v) is 13.6. The number of nitrogens with one attached hydrogen (secondary N) is 1. The number of anilines is 1. The number of nitrogens with zero attached hydrogens (tertiary/aromatic N) is 1. The van der Waals surface area contributed by atoms with E-state index in [2.05, 4.69) is 17.2 Å². The third-order valence-corrected chi connectivity index (χ3v) is 5.08. The fourth-order valence-corrected chi connectivity index (χ4v) is 3.63. The van der Waals surface area contributed by atoms with Gasteiger partial charge in [0, 0.05) is 13.0 Å². The Morgan fingerprint density at radius 1 is 1.29 bits per heavy atom. The maximum Gasteiger partial charge on any atom is 0.358 e. The van der Waals surface area contributed by atoms with E-state index >= 15 is 0 Å². The highest BCUT2D eigenvalue weighted by molar-refractivity contribution is 7.17.